The predicted octanol–water partition coefficient (Wildman–Crippen LogP) is -0.0804. The molecule has 3 heterocycles. The van der Waals surface area contributed by atoms with Crippen molar-refractivity contribution in [1.82, 2.24) is 29.8 Å². The zero-order valence-electron chi connectivity index (χ0n) is 9.71. The number of nitrogens with zero attached hydrogens (tertiary/aromatic N) is 5. The number of hydrogen-bond acceptors (Lipinski definition) is 5. The molecule has 6 nitrogen and oxygen atoms in total. The van der Waals surface area contributed by atoms with Gasteiger partial charge in [-0.1, -0.05) is 0 Å². The molecular weight excluding hydrogens is 216 g/mol. The van der Waals surface area contributed by atoms with Crippen LogP contribution >= 0.6 is 0 Å². The minimum atomic E-state index is 0.676. The van der Waals surface area contributed by atoms with Gasteiger partial charge in [0.1, 0.15) is 0 Å². The van der Waals surface area contributed by atoms with Crippen LogP contribution < -0.4 is 5.32 Å². The van der Waals surface area contributed by atoms with Gasteiger partial charge in [-0.25, -0.2) is 4.98 Å². The first-order valence-corrected chi connectivity index (χ1v) is 6.01. The highest BCUT2D eigenvalue weighted by Gasteiger charge is 2.12. The fourth-order valence-electron chi connectivity index (χ4n) is 2.16. The van der Waals surface area contributed by atoms with Gasteiger partial charge >= 0.3 is 0 Å². The van der Waals surface area contributed by atoms with E-state index < -0.39 is 0 Å². The Morgan fingerprint density at radius 3 is 3.24 bits per heavy atom. The summed E-state index contributed by atoms with van der Waals surface area (Å²) < 4.78 is 1.96. The van der Waals surface area contributed by atoms with Gasteiger partial charge in [0.25, 0.3) is 5.78 Å². The van der Waals surface area contributed by atoms with E-state index in [2.05, 4.69) is 25.4 Å². The van der Waals surface area contributed by atoms with E-state index in [9.17, 15) is 0 Å². The quantitative estimate of drug-likeness (QED) is 0.785. The number of hydrogen-bond donors (Lipinski definition) is 1. The molecule has 0 saturated carbocycles. The van der Waals surface area contributed by atoms with Gasteiger partial charge in [0.15, 0.2) is 5.82 Å². The van der Waals surface area contributed by atoms with E-state index in [1.54, 1.807) is 6.20 Å². The van der Waals surface area contributed by atoms with Crippen LogP contribution in [0.15, 0.2) is 18.5 Å². The highest BCUT2D eigenvalue weighted by atomic mass is 15.3. The summed E-state index contributed by atoms with van der Waals surface area (Å²) in [4.78, 5) is 6.58. The van der Waals surface area contributed by atoms with Gasteiger partial charge in [-0.15, -0.1) is 10.2 Å². The molecule has 0 aromatic carbocycles. The molecule has 0 radical (unpaired) electrons. The van der Waals surface area contributed by atoms with Crippen LogP contribution in [0.4, 0.5) is 0 Å². The third-order valence-corrected chi connectivity index (χ3v) is 3.06. The normalized spacial score (nSPS) is 18.4. The molecule has 6 heteroatoms. The highest BCUT2D eigenvalue weighted by molar-refractivity contribution is 5.25. The van der Waals surface area contributed by atoms with Crippen LogP contribution in [0, 0.1) is 0 Å². The Kier molecular flexibility index (Phi) is 2.98. The van der Waals surface area contributed by atoms with E-state index in [0.29, 0.717) is 5.78 Å². The lowest BCUT2D eigenvalue weighted by Gasteiger charge is -2.17. The van der Waals surface area contributed by atoms with Crippen molar-refractivity contribution in [3.05, 3.63) is 24.3 Å². The third-order valence-electron chi connectivity index (χ3n) is 3.06. The van der Waals surface area contributed by atoms with Gasteiger partial charge in [-0.3, -0.25) is 9.30 Å². The van der Waals surface area contributed by atoms with Gasteiger partial charge < -0.3 is 5.32 Å². The van der Waals surface area contributed by atoms with E-state index in [1.165, 1.54) is 6.42 Å². The minimum absolute atomic E-state index is 0.676. The summed E-state index contributed by atoms with van der Waals surface area (Å²) in [5, 5.41) is 11.7. The molecule has 0 aliphatic carbocycles. The molecule has 1 N–H and O–H groups in total. The monoisotopic (exact) mass is 232 g/mol. The molecule has 17 heavy (non-hydrogen) atoms. The molecule has 3 rings (SSSR count). The lowest BCUT2D eigenvalue weighted by atomic mass is 10.4. The van der Waals surface area contributed by atoms with Crippen LogP contribution in [-0.4, -0.2) is 50.7 Å². The second-order valence-corrected chi connectivity index (χ2v) is 4.29. The standard InChI is InChI=1S/C11H16N6/c1-3-12-5-8-16(6-1)9-10-14-15-11-13-4-2-7-17(10)11/h2,4,7,12H,1,3,5-6,8-9H2. The van der Waals surface area contributed by atoms with Gasteiger partial charge in [-0.2, -0.15) is 0 Å². The van der Waals surface area contributed by atoms with Gasteiger partial charge in [0.2, 0.25) is 0 Å². The van der Waals surface area contributed by atoms with Crippen molar-refractivity contribution in [2.75, 3.05) is 26.2 Å². The second kappa shape index (κ2) is 4.77. The fourth-order valence-corrected chi connectivity index (χ4v) is 2.16. The van der Waals surface area contributed by atoms with E-state index in [4.69, 9.17) is 0 Å². The van der Waals surface area contributed by atoms with Crippen LogP contribution in [0.5, 0.6) is 0 Å². The summed E-state index contributed by atoms with van der Waals surface area (Å²) in [6.07, 6.45) is 4.90. The van der Waals surface area contributed by atoms with Crippen molar-refractivity contribution in [1.29, 1.82) is 0 Å². The molecule has 1 fully saturated rings. The van der Waals surface area contributed by atoms with E-state index in [0.717, 1.165) is 38.5 Å². The highest BCUT2D eigenvalue weighted by Crippen LogP contribution is 2.05. The van der Waals surface area contributed by atoms with Crippen LogP contribution in [0.3, 0.4) is 0 Å². The molecular formula is C11H16N6. The van der Waals surface area contributed by atoms with Crippen LogP contribution in [-0.2, 0) is 6.54 Å². The largest absolute Gasteiger partial charge is 0.315 e. The maximum atomic E-state index is 4.21. The number of fused-ring (bicyclic) bond motifs is 1. The Bertz CT molecular complexity index is 485. The first-order chi connectivity index (χ1) is 8.43. The summed E-state index contributed by atoms with van der Waals surface area (Å²) in [7, 11) is 0. The summed E-state index contributed by atoms with van der Waals surface area (Å²) in [5.74, 6) is 1.64. The Balaban J connectivity index is 1.79. The lowest BCUT2D eigenvalue weighted by Crippen LogP contribution is -2.28. The molecule has 0 unspecified atom stereocenters. The van der Waals surface area contributed by atoms with Gasteiger partial charge in [0.05, 0.1) is 6.54 Å². The zero-order valence-corrected chi connectivity index (χ0v) is 9.71. The first kappa shape index (κ1) is 10.6. The van der Waals surface area contributed by atoms with E-state index in [1.807, 2.05) is 16.7 Å². The number of rotatable bonds is 2. The summed E-state index contributed by atoms with van der Waals surface area (Å²) >= 11 is 0. The van der Waals surface area contributed by atoms with Crippen molar-refractivity contribution in [3.8, 4) is 0 Å². The lowest BCUT2D eigenvalue weighted by molar-refractivity contribution is 0.276. The summed E-state index contributed by atoms with van der Waals surface area (Å²) in [5.41, 5.74) is 0. The second-order valence-electron chi connectivity index (χ2n) is 4.29. The smallest absolute Gasteiger partial charge is 0.254 e. The number of nitrogens with one attached hydrogen (secondary N) is 1. The average molecular weight is 232 g/mol. The fraction of sp³-hybridized carbons (Fsp3) is 0.545. The Hall–Kier alpha value is -1.53. The van der Waals surface area contributed by atoms with Crippen molar-refractivity contribution in [2.24, 2.45) is 0 Å². The Morgan fingerprint density at radius 1 is 1.24 bits per heavy atom. The maximum absolute atomic E-state index is 4.21. The summed E-state index contributed by atoms with van der Waals surface area (Å²) in [6, 6.07) is 1.91. The molecule has 0 bridgehead atoms. The van der Waals surface area contributed by atoms with Crippen molar-refractivity contribution < 1.29 is 0 Å². The molecule has 90 valence electrons. The topological polar surface area (TPSA) is 58.4 Å². The van der Waals surface area contributed by atoms with Crippen molar-refractivity contribution in [3.63, 3.8) is 0 Å². The van der Waals surface area contributed by atoms with Gasteiger partial charge in [0, 0.05) is 25.5 Å². The number of aromatic nitrogens is 4. The van der Waals surface area contributed by atoms with Gasteiger partial charge in [-0.05, 0) is 25.6 Å². The molecule has 0 amide bonds. The van der Waals surface area contributed by atoms with Crippen molar-refractivity contribution in [2.45, 2.75) is 13.0 Å². The Labute approximate surface area is 99.7 Å². The third kappa shape index (κ3) is 2.27. The van der Waals surface area contributed by atoms with Crippen LogP contribution in [0.25, 0.3) is 5.78 Å². The average Bonchev–Trinajstić information content (AvgIpc) is 2.59. The predicted molar refractivity (Wildman–Crippen MR) is 63.5 cm³/mol. The molecule has 1 aliphatic heterocycles. The summed E-state index contributed by atoms with van der Waals surface area (Å²) in [6.45, 7) is 5.18. The minimum Gasteiger partial charge on any atom is -0.315 e. The molecule has 0 spiro atoms. The molecule has 2 aromatic heterocycles. The molecule has 0 atom stereocenters. The molecule has 1 aliphatic rings. The van der Waals surface area contributed by atoms with Crippen LogP contribution in [0.2, 0.25) is 0 Å². The van der Waals surface area contributed by atoms with E-state index >= 15 is 0 Å². The van der Waals surface area contributed by atoms with Crippen LogP contribution in [0.1, 0.15) is 12.2 Å². The van der Waals surface area contributed by atoms with E-state index in [-0.39, 0.29) is 0 Å². The Morgan fingerprint density at radius 2 is 2.24 bits per heavy atom. The zero-order chi connectivity index (χ0) is 11.5. The first-order valence-electron chi connectivity index (χ1n) is 6.01. The van der Waals surface area contributed by atoms with Crippen molar-refractivity contribution >= 4 is 5.78 Å². The maximum Gasteiger partial charge on any atom is 0.254 e. The molecule has 1 saturated heterocycles. The SMILES string of the molecule is c1cnc2nnc(CN3CCCNCC3)n2c1. The molecule has 2 aromatic rings.